The number of hydrogen-bond donors (Lipinski definition) is 3. The maximum atomic E-state index is 14.2. The lowest BCUT2D eigenvalue weighted by Crippen LogP contribution is -2.49. The molecule has 3 aromatic heterocycles. The minimum atomic E-state index is -0.229. The fraction of sp³-hybridized carbons (Fsp3) is 0.406. The van der Waals surface area contributed by atoms with E-state index in [0.29, 0.717) is 77.3 Å². The van der Waals surface area contributed by atoms with E-state index >= 15 is 0 Å². The van der Waals surface area contributed by atoms with E-state index in [1.165, 1.54) is 0 Å². The average molecular weight is 679 g/mol. The SMILES string of the molecule is CC1CN(c2ccc(Nc3ncc4cc(-c5ncc(C6=NCNN6C)cc5Cl)c(=O)n(CCN5CCOCC5)c4n3)cc2Cl)CCN1. The molecule has 0 spiro atoms. The van der Waals surface area contributed by atoms with Gasteiger partial charge in [-0.15, -0.1) is 0 Å². The molecule has 0 amide bonds. The number of morpholine rings is 1. The van der Waals surface area contributed by atoms with Crippen LogP contribution in [0.4, 0.5) is 17.3 Å². The summed E-state index contributed by atoms with van der Waals surface area (Å²) in [6.07, 6.45) is 3.40. The Bertz CT molecular complexity index is 1880. The van der Waals surface area contributed by atoms with Gasteiger partial charge in [0.2, 0.25) is 5.95 Å². The first-order valence-corrected chi connectivity index (χ1v) is 16.5. The number of benzene rings is 1. The summed E-state index contributed by atoms with van der Waals surface area (Å²) < 4.78 is 7.22. The number of amidine groups is 1. The molecule has 2 fully saturated rings. The van der Waals surface area contributed by atoms with Gasteiger partial charge in [0.05, 0.1) is 40.2 Å². The summed E-state index contributed by atoms with van der Waals surface area (Å²) in [5.41, 5.74) is 6.69. The van der Waals surface area contributed by atoms with E-state index in [1.54, 1.807) is 29.1 Å². The van der Waals surface area contributed by atoms with E-state index in [0.717, 1.165) is 55.5 Å². The van der Waals surface area contributed by atoms with Crippen LogP contribution in [0.1, 0.15) is 12.5 Å². The third kappa shape index (κ3) is 6.77. The van der Waals surface area contributed by atoms with Crippen LogP contribution in [-0.2, 0) is 11.3 Å². The second-order valence-electron chi connectivity index (χ2n) is 11.9. The molecule has 13 nitrogen and oxygen atoms in total. The number of fused-ring (bicyclic) bond motifs is 1. The molecule has 0 bridgehead atoms. The highest BCUT2D eigenvalue weighted by Gasteiger charge is 2.22. The van der Waals surface area contributed by atoms with Gasteiger partial charge in [-0.05, 0) is 37.3 Å². The Morgan fingerprint density at radius 1 is 1.04 bits per heavy atom. The standard InChI is InChI=1S/C32H37Cl2N11O2/c1-20-18-44(6-5-35-20)27-4-3-23(15-25(27)33)40-32-37-17-21-13-24(28-26(34)14-22(16-36-28)29-38-19-39-42(29)2)31(46)45(30(21)41-32)8-7-43-9-11-47-12-10-43/h3-4,13-17,20,35,39H,5-12,18-19H2,1-2H3,(H,37,40,41). The molecule has 6 heterocycles. The number of halogens is 2. The highest BCUT2D eigenvalue weighted by Crippen LogP contribution is 2.31. The monoisotopic (exact) mass is 677 g/mol. The van der Waals surface area contributed by atoms with Crippen LogP contribution in [0, 0.1) is 0 Å². The summed E-state index contributed by atoms with van der Waals surface area (Å²) in [6.45, 7) is 9.38. The number of hydrazine groups is 1. The number of ether oxygens (including phenoxy) is 1. The second kappa shape index (κ2) is 13.7. The van der Waals surface area contributed by atoms with Gasteiger partial charge in [0, 0.05) is 87.9 Å². The van der Waals surface area contributed by atoms with Crippen molar-refractivity contribution < 1.29 is 4.74 Å². The van der Waals surface area contributed by atoms with Crippen molar-refractivity contribution in [2.75, 3.05) is 76.4 Å². The minimum Gasteiger partial charge on any atom is -0.379 e. The molecule has 0 aliphatic carbocycles. The Hall–Kier alpha value is -3.85. The molecule has 0 saturated carbocycles. The summed E-state index contributed by atoms with van der Waals surface area (Å²) in [4.78, 5) is 37.3. The topological polar surface area (TPSA) is 128 Å². The van der Waals surface area contributed by atoms with Crippen molar-refractivity contribution in [1.82, 2.24) is 40.2 Å². The zero-order valence-electron chi connectivity index (χ0n) is 26.3. The molecule has 0 radical (unpaired) electrons. The fourth-order valence-corrected chi connectivity index (χ4v) is 6.79. The van der Waals surface area contributed by atoms with Crippen LogP contribution in [0.5, 0.6) is 0 Å². The van der Waals surface area contributed by atoms with E-state index in [4.69, 9.17) is 32.9 Å². The van der Waals surface area contributed by atoms with Gasteiger partial charge < -0.3 is 20.3 Å². The van der Waals surface area contributed by atoms with Crippen molar-refractivity contribution >= 4 is 57.4 Å². The summed E-state index contributed by atoms with van der Waals surface area (Å²) >= 11 is 13.5. The summed E-state index contributed by atoms with van der Waals surface area (Å²) in [7, 11) is 1.88. The molecule has 47 heavy (non-hydrogen) atoms. The number of anilines is 3. The van der Waals surface area contributed by atoms with Crippen LogP contribution in [0.3, 0.4) is 0 Å². The molecule has 1 unspecified atom stereocenters. The lowest BCUT2D eigenvalue weighted by Gasteiger charge is -2.34. The highest BCUT2D eigenvalue weighted by atomic mass is 35.5. The number of rotatable bonds is 8. The lowest BCUT2D eigenvalue weighted by molar-refractivity contribution is 0.0364. The number of pyridine rings is 2. The molecule has 246 valence electrons. The molecule has 3 aliphatic heterocycles. The third-order valence-electron chi connectivity index (χ3n) is 8.69. The van der Waals surface area contributed by atoms with E-state index in [2.05, 4.69) is 47.7 Å². The minimum absolute atomic E-state index is 0.229. The first-order valence-electron chi connectivity index (χ1n) is 15.8. The van der Waals surface area contributed by atoms with Gasteiger partial charge in [-0.1, -0.05) is 23.2 Å². The molecule has 3 N–H and O–H groups in total. The van der Waals surface area contributed by atoms with E-state index < -0.39 is 0 Å². The van der Waals surface area contributed by atoms with Crippen LogP contribution >= 0.6 is 23.2 Å². The Balaban J connectivity index is 1.22. The lowest BCUT2D eigenvalue weighted by atomic mass is 10.1. The van der Waals surface area contributed by atoms with Crippen LogP contribution in [-0.4, -0.2) is 108 Å². The quantitative estimate of drug-likeness (QED) is 0.254. The van der Waals surface area contributed by atoms with Crippen molar-refractivity contribution in [3.63, 3.8) is 0 Å². The highest BCUT2D eigenvalue weighted by molar-refractivity contribution is 6.34. The Morgan fingerprint density at radius 3 is 2.64 bits per heavy atom. The van der Waals surface area contributed by atoms with E-state index in [-0.39, 0.29) is 5.56 Å². The van der Waals surface area contributed by atoms with Crippen LogP contribution in [0.15, 0.2) is 52.5 Å². The van der Waals surface area contributed by atoms with E-state index in [9.17, 15) is 4.79 Å². The predicted molar refractivity (Wildman–Crippen MR) is 186 cm³/mol. The number of aliphatic imine (C=N–C) groups is 1. The van der Waals surface area contributed by atoms with E-state index in [1.807, 2.05) is 30.3 Å². The first kappa shape index (κ1) is 31.7. The van der Waals surface area contributed by atoms with Crippen molar-refractivity contribution in [1.29, 1.82) is 0 Å². The fourth-order valence-electron chi connectivity index (χ4n) is 6.22. The number of nitrogens with one attached hydrogen (secondary N) is 3. The molecule has 7 rings (SSSR count). The average Bonchev–Trinajstić information content (AvgIpc) is 3.50. The van der Waals surface area contributed by atoms with Gasteiger partial charge >= 0.3 is 0 Å². The first-order chi connectivity index (χ1) is 22.8. The molecule has 3 aliphatic rings. The molecule has 1 aromatic carbocycles. The van der Waals surface area contributed by atoms with Crippen molar-refractivity contribution in [2.45, 2.75) is 19.5 Å². The summed E-state index contributed by atoms with van der Waals surface area (Å²) in [5.74, 6) is 1.09. The molecular weight excluding hydrogens is 641 g/mol. The zero-order chi connectivity index (χ0) is 32.5. The summed E-state index contributed by atoms with van der Waals surface area (Å²) in [6, 6.07) is 9.82. The van der Waals surface area contributed by atoms with Gasteiger partial charge in [0.25, 0.3) is 5.56 Å². The van der Waals surface area contributed by atoms with Crippen LogP contribution < -0.4 is 26.5 Å². The number of aromatic nitrogens is 4. The molecular formula is C32H37Cl2N11O2. The predicted octanol–water partition coefficient (Wildman–Crippen LogP) is 3.19. The molecule has 4 aromatic rings. The molecule has 1 atom stereocenters. The van der Waals surface area contributed by atoms with Crippen molar-refractivity contribution in [3.8, 4) is 11.3 Å². The summed E-state index contributed by atoms with van der Waals surface area (Å²) in [5, 5.41) is 10.3. The normalized spacial score (nSPS) is 19.0. The Labute approximate surface area is 282 Å². The number of piperazine rings is 1. The van der Waals surface area contributed by atoms with Gasteiger partial charge in [0.1, 0.15) is 18.2 Å². The van der Waals surface area contributed by atoms with Gasteiger partial charge in [-0.25, -0.2) is 15.4 Å². The second-order valence-corrected chi connectivity index (χ2v) is 12.8. The maximum absolute atomic E-state index is 14.2. The van der Waals surface area contributed by atoms with Gasteiger partial charge in [-0.3, -0.25) is 24.3 Å². The van der Waals surface area contributed by atoms with Crippen molar-refractivity contribution in [3.05, 3.63) is 68.7 Å². The van der Waals surface area contributed by atoms with Crippen LogP contribution in [0.2, 0.25) is 10.0 Å². The van der Waals surface area contributed by atoms with Gasteiger partial charge in [0.15, 0.2) is 0 Å². The Kier molecular flexibility index (Phi) is 9.26. The smallest absolute Gasteiger partial charge is 0.261 e. The maximum Gasteiger partial charge on any atom is 0.261 e. The number of nitrogens with zero attached hydrogens (tertiary/aromatic N) is 8. The molecule has 15 heteroatoms. The molecule has 2 saturated heterocycles. The number of hydrogen-bond acceptors (Lipinski definition) is 12. The largest absolute Gasteiger partial charge is 0.379 e. The van der Waals surface area contributed by atoms with Gasteiger partial charge in [-0.2, -0.15) is 4.98 Å². The van der Waals surface area contributed by atoms with Crippen LogP contribution in [0.25, 0.3) is 22.3 Å². The van der Waals surface area contributed by atoms with Crippen molar-refractivity contribution in [2.24, 2.45) is 4.99 Å². The third-order valence-corrected chi connectivity index (χ3v) is 9.28. The zero-order valence-corrected chi connectivity index (χ0v) is 27.9. The Morgan fingerprint density at radius 2 is 1.89 bits per heavy atom.